The van der Waals surface area contributed by atoms with Gasteiger partial charge in [-0.25, -0.2) is 4.98 Å². The van der Waals surface area contributed by atoms with Gasteiger partial charge in [0.15, 0.2) is 0 Å². The third kappa shape index (κ3) is 1.58. The van der Waals surface area contributed by atoms with Crippen LogP contribution in [0.3, 0.4) is 0 Å². The molecule has 0 aromatic carbocycles. The molecule has 0 fully saturated rings. The van der Waals surface area contributed by atoms with Gasteiger partial charge in [-0.15, -0.1) is 0 Å². The second kappa shape index (κ2) is 3.41. The van der Waals surface area contributed by atoms with E-state index in [4.69, 9.17) is 4.98 Å². The van der Waals surface area contributed by atoms with Crippen molar-refractivity contribution in [1.82, 2.24) is 9.97 Å². The van der Waals surface area contributed by atoms with Crippen molar-refractivity contribution in [3.8, 4) is 0 Å². The van der Waals surface area contributed by atoms with Crippen LogP contribution < -0.4 is 0 Å². The van der Waals surface area contributed by atoms with Gasteiger partial charge in [0.2, 0.25) is 0 Å². The fraction of sp³-hybridized carbons (Fsp3) is 0.750. The van der Waals surface area contributed by atoms with Crippen LogP contribution in [0.4, 0.5) is 0 Å². The highest BCUT2D eigenvalue weighted by Crippen LogP contribution is 2.33. The van der Waals surface area contributed by atoms with E-state index in [2.05, 4.69) is 32.7 Å². The van der Waals surface area contributed by atoms with Crippen molar-refractivity contribution >= 4 is 0 Å². The molecule has 14 heavy (non-hydrogen) atoms. The summed E-state index contributed by atoms with van der Waals surface area (Å²) in [6.45, 7) is 9.01. The summed E-state index contributed by atoms with van der Waals surface area (Å²) >= 11 is 0. The first-order chi connectivity index (χ1) is 6.58. The smallest absolute Gasteiger partial charge is 0.109 e. The lowest BCUT2D eigenvalue weighted by Crippen LogP contribution is -2.14. The molecule has 1 heterocycles. The van der Waals surface area contributed by atoms with Crippen molar-refractivity contribution in [3.63, 3.8) is 0 Å². The zero-order chi connectivity index (χ0) is 10.3. The Labute approximate surface area is 86.1 Å². The number of rotatable bonds is 1. The average Bonchev–Trinajstić information content (AvgIpc) is 2.47. The van der Waals surface area contributed by atoms with Crippen molar-refractivity contribution in [2.45, 2.75) is 52.4 Å². The molecule has 2 heteroatoms. The van der Waals surface area contributed by atoms with Gasteiger partial charge in [0, 0.05) is 17.5 Å². The van der Waals surface area contributed by atoms with Gasteiger partial charge in [0.05, 0.1) is 5.69 Å². The summed E-state index contributed by atoms with van der Waals surface area (Å²) in [5.41, 5.74) is 2.71. The van der Waals surface area contributed by atoms with E-state index in [1.165, 1.54) is 24.2 Å². The number of fused-ring (bicyclic) bond motifs is 1. The van der Waals surface area contributed by atoms with E-state index < -0.39 is 0 Å². The van der Waals surface area contributed by atoms with Crippen molar-refractivity contribution in [1.29, 1.82) is 0 Å². The van der Waals surface area contributed by atoms with Crippen molar-refractivity contribution in [3.05, 3.63) is 17.2 Å². The monoisotopic (exact) mass is 192 g/mol. The minimum Gasteiger partial charge on any atom is -0.345 e. The molecule has 0 bridgehead atoms. The fourth-order valence-corrected chi connectivity index (χ4v) is 2.43. The van der Waals surface area contributed by atoms with Gasteiger partial charge in [-0.05, 0) is 18.8 Å². The molecule has 0 radical (unpaired) electrons. The van der Waals surface area contributed by atoms with Crippen molar-refractivity contribution in [2.24, 2.45) is 5.92 Å². The molecule has 1 aromatic heterocycles. The second-order valence-corrected chi connectivity index (χ2v) is 5.09. The molecule has 0 spiro atoms. The third-order valence-corrected chi connectivity index (χ3v) is 3.15. The van der Waals surface area contributed by atoms with E-state index >= 15 is 0 Å². The summed E-state index contributed by atoms with van der Waals surface area (Å²) in [5.74, 6) is 3.12. The predicted molar refractivity (Wildman–Crippen MR) is 58.6 cm³/mol. The van der Waals surface area contributed by atoms with Crippen LogP contribution in [0.15, 0.2) is 0 Å². The van der Waals surface area contributed by atoms with Crippen molar-refractivity contribution < 1.29 is 0 Å². The van der Waals surface area contributed by atoms with Crippen LogP contribution in [0, 0.1) is 5.92 Å². The van der Waals surface area contributed by atoms with Gasteiger partial charge in [0.25, 0.3) is 0 Å². The lowest BCUT2D eigenvalue weighted by atomic mass is 9.84. The third-order valence-electron chi connectivity index (χ3n) is 3.15. The average molecular weight is 192 g/mol. The van der Waals surface area contributed by atoms with Crippen LogP contribution in [0.5, 0.6) is 0 Å². The van der Waals surface area contributed by atoms with Gasteiger partial charge in [0.1, 0.15) is 5.82 Å². The van der Waals surface area contributed by atoms with Gasteiger partial charge in [-0.2, -0.15) is 0 Å². The topological polar surface area (TPSA) is 28.7 Å². The van der Waals surface area contributed by atoms with E-state index in [-0.39, 0.29) is 0 Å². The Bertz CT molecular complexity index is 325. The summed E-state index contributed by atoms with van der Waals surface area (Å²) in [6.07, 6.45) is 2.47. The summed E-state index contributed by atoms with van der Waals surface area (Å²) in [5, 5.41) is 0. The summed E-state index contributed by atoms with van der Waals surface area (Å²) in [4.78, 5) is 8.19. The van der Waals surface area contributed by atoms with E-state index in [1.54, 1.807) is 0 Å². The molecule has 2 unspecified atom stereocenters. The summed E-state index contributed by atoms with van der Waals surface area (Å²) in [7, 11) is 0. The maximum Gasteiger partial charge on any atom is 0.109 e. The fourth-order valence-electron chi connectivity index (χ4n) is 2.43. The van der Waals surface area contributed by atoms with Crippen LogP contribution in [-0.4, -0.2) is 9.97 Å². The van der Waals surface area contributed by atoms with Crippen LogP contribution >= 0.6 is 0 Å². The molecular formula is C12H20N2. The Kier molecular flexibility index (Phi) is 2.38. The Morgan fingerprint density at radius 2 is 2.07 bits per heavy atom. The highest BCUT2D eigenvalue weighted by Gasteiger charge is 2.25. The first-order valence-corrected chi connectivity index (χ1v) is 5.66. The lowest BCUT2D eigenvalue weighted by Gasteiger charge is -2.22. The first-order valence-electron chi connectivity index (χ1n) is 5.66. The Hall–Kier alpha value is -0.790. The van der Waals surface area contributed by atoms with Crippen LogP contribution in [0.1, 0.15) is 63.2 Å². The Morgan fingerprint density at radius 1 is 1.36 bits per heavy atom. The molecular weight excluding hydrogens is 172 g/mol. The maximum absolute atomic E-state index is 4.71. The molecule has 0 saturated heterocycles. The van der Waals surface area contributed by atoms with Gasteiger partial charge < -0.3 is 4.98 Å². The lowest BCUT2D eigenvalue weighted by molar-refractivity contribution is 0.440. The number of hydrogen-bond donors (Lipinski definition) is 1. The number of H-pyrrole nitrogens is 1. The van der Waals surface area contributed by atoms with E-state index in [0.29, 0.717) is 11.8 Å². The number of nitrogens with zero attached hydrogens (tertiary/aromatic N) is 1. The molecule has 1 N–H and O–H groups in total. The number of aromatic nitrogens is 2. The quantitative estimate of drug-likeness (QED) is 0.727. The Morgan fingerprint density at radius 3 is 2.71 bits per heavy atom. The molecule has 2 rings (SSSR count). The zero-order valence-electron chi connectivity index (χ0n) is 9.59. The van der Waals surface area contributed by atoms with Crippen molar-refractivity contribution in [2.75, 3.05) is 0 Å². The standard InChI is InChI=1S/C12H20N2/c1-7(2)12-13-10-6-8(3)5-9(4)11(10)14-12/h7-9H,5-6H2,1-4H3,(H,13,14). The molecule has 2 nitrogen and oxygen atoms in total. The molecule has 0 amide bonds. The highest BCUT2D eigenvalue weighted by molar-refractivity contribution is 5.23. The maximum atomic E-state index is 4.71. The van der Waals surface area contributed by atoms with E-state index in [1.807, 2.05) is 0 Å². The summed E-state index contributed by atoms with van der Waals surface area (Å²) < 4.78 is 0. The molecule has 1 aliphatic carbocycles. The minimum atomic E-state index is 0.517. The molecule has 2 atom stereocenters. The van der Waals surface area contributed by atoms with E-state index in [0.717, 1.165) is 11.7 Å². The molecule has 0 saturated carbocycles. The first kappa shape index (κ1) is 9.75. The normalized spacial score (nSPS) is 26.6. The van der Waals surface area contributed by atoms with Gasteiger partial charge in [-0.3, -0.25) is 0 Å². The number of nitrogens with one attached hydrogen (secondary N) is 1. The predicted octanol–water partition coefficient (Wildman–Crippen LogP) is 3.22. The molecule has 78 valence electrons. The van der Waals surface area contributed by atoms with Crippen LogP contribution in [-0.2, 0) is 6.42 Å². The van der Waals surface area contributed by atoms with Gasteiger partial charge >= 0.3 is 0 Å². The minimum absolute atomic E-state index is 0.517. The van der Waals surface area contributed by atoms with E-state index in [9.17, 15) is 0 Å². The largest absolute Gasteiger partial charge is 0.345 e. The van der Waals surface area contributed by atoms with Crippen LogP contribution in [0.2, 0.25) is 0 Å². The van der Waals surface area contributed by atoms with Gasteiger partial charge in [-0.1, -0.05) is 27.7 Å². The zero-order valence-corrected chi connectivity index (χ0v) is 9.59. The summed E-state index contributed by atoms with van der Waals surface area (Å²) in [6, 6.07) is 0. The second-order valence-electron chi connectivity index (χ2n) is 5.09. The Balaban J connectivity index is 2.35. The SMILES string of the molecule is CC1Cc2[nH]c(C(C)C)nc2C(C)C1. The number of aromatic amines is 1. The number of hydrogen-bond acceptors (Lipinski definition) is 1. The molecule has 0 aliphatic heterocycles. The highest BCUT2D eigenvalue weighted by atomic mass is 14.9. The molecule has 1 aromatic rings. The molecule has 1 aliphatic rings. The number of imidazole rings is 1. The van der Waals surface area contributed by atoms with Crippen LogP contribution in [0.25, 0.3) is 0 Å².